The number of amides is 3. The number of hydrazine groups is 1. The molecule has 0 heterocycles. The van der Waals surface area contributed by atoms with Crippen molar-refractivity contribution in [3.8, 4) is 0 Å². The van der Waals surface area contributed by atoms with Crippen molar-refractivity contribution in [2.24, 2.45) is 0 Å². The van der Waals surface area contributed by atoms with Gasteiger partial charge in [0.1, 0.15) is 0 Å². The smallest absolute Gasteiger partial charge is 0.337 e. The van der Waals surface area contributed by atoms with Crippen LogP contribution in [0.2, 0.25) is 0 Å². The van der Waals surface area contributed by atoms with Gasteiger partial charge >= 0.3 is 12.2 Å². The molecule has 0 aliphatic heterocycles. The highest BCUT2D eigenvalue weighted by molar-refractivity contribution is 7.92. The summed E-state index contributed by atoms with van der Waals surface area (Å²) >= 11 is 0. The number of carbonyl (C=O) groups is 2. The van der Waals surface area contributed by atoms with Gasteiger partial charge in [-0.25, -0.2) is 18.2 Å². The first-order chi connectivity index (χ1) is 14.0. The molecule has 0 fully saturated rings. The summed E-state index contributed by atoms with van der Waals surface area (Å²) in [5.41, 5.74) is 0.845. The zero-order valence-electron chi connectivity index (χ0n) is 15.9. The lowest BCUT2D eigenvalue weighted by atomic mass is 10.2. The average molecular weight is 444 g/mol. The maximum atomic E-state index is 12.9. The fraction of sp³-hybridized carbons (Fsp3) is 0.222. The Balaban J connectivity index is 2.30. The third-order valence-corrected chi connectivity index (χ3v) is 5.15. The van der Waals surface area contributed by atoms with Gasteiger partial charge in [-0.15, -0.1) is 0 Å². The predicted molar refractivity (Wildman–Crippen MR) is 103 cm³/mol. The number of alkyl halides is 3. The van der Waals surface area contributed by atoms with Crippen LogP contribution in [0.1, 0.15) is 22.8 Å². The molecular formula is C18H19F3N4O4S. The zero-order valence-corrected chi connectivity index (χ0v) is 16.8. The Morgan fingerprint density at radius 2 is 1.73 bits per heavy atom. The van der Waals surface area contributed by atoms with Gasteiger partial charge in [0, 0.05) is 13.6 Å². The molecule has 2 aromatic carbocycles. The predicted octanol–water partition coefficient (Wildman–Crippen LogP) is 2.81. The quantitative estimate of drug-likeness (QED) is 0.617. The van der Waals surface area contributed by atoms with E-state index in [1.54, 1.807) is 6.92 Å². The minimum Gasteiger partial charge on any atom is -0.337 e. The van der Waals surface area contributed by atoms with Crippen molar-refractivity contribution >= 4 is 27.6 Å². The van der Waals surface area contributed by atoms with E-state index in [-0.39, 0.29) is 11.3 Å². The minimum absolute atomic E-state index is 0.135. The molecule has 0 unspecified atom stereocenters. The van der Waals surface area contributed by atoms with Crippen molar-refractivity contribution in [1.82, 2.24) is 15.8 Å². The maximum absolute atomic E-state index is 12.9. The minimum atomic E-state index is -4.72. The maximum Gasteiger partial charge on any atom is 0.416 e. The summed E-state index contributed by atoms with van der Waals surface area (Å²) in [6.45, 7) is 2.01. The van der Waals surface area contributed by atoms with Crippen molar-refractivity contribution in [1.29, 1.82) is 0 Å². The van der Waals surface area contributed by atoms with E-state index >= 15 is 0 Å². The summed E-state index contributed by atoms with van der Waals surface area (Å²) in [7, 11) is -3.14. The lowest BCUT2D eigenvalue weighted by Gasteiger charge is -2.19. The first-order valence-corrected chi connectivity index (χ1v) is 10.1. The molecule has 0 aliphatic carbocycles. The largest absolute Gasteiger partial charge is 0.416 e. The van der Waals surface area contributed by atoms with Crippen LogP contribution in [-0.4, -0.2) is 39.0 Å². The molecule has 0 saturated carbocycles. The fourth-order valence-electron chi connectivity index (χ4n) is 2.35. The molecule has 0 aliphatic rings. The summed E-state index contributed by atoms with van der Waals surface area (Å²) in [4.78, 5) is 23.6. The van der Waals surface area contributed by atoms with Crippen LogP contribution in [-0.2, 0) is 16.2 Å². The van der Waals surface area contributed by atoms with Gasteiger partial charge < -0.3 is 5.32 Å². The molecule has 12 heteroatoms. The summed E-state index contributed by atoms with van der Waals surface area (Å²) in [5, 5.41) is 3.34. The highest BCUT2D eigenvalue weighted by Crippen LogP contribution is 2.31. The molecule has 162 valence electrons. The second kappa shape index (κ2) is 9.03. The summed E-state index contributed by atoms with van der Waals surface area (Å²) in [6.07, 6.45) is -4.72. The summed E-state index contributed by atoms with van der Waals surface area (Å²) in [6, 6.07) is 8.09. The van der Waals surface area contributed by atoms with E-state index < -0.39 is 38.6 Å². The van der Waals surface area contributed by atoms with Crippen molar-refractivity contribution in [3.05, 3.63) is 59.7 Å². The number of rotatable bonds is 5. The van der Waals surface area contributed by atoms with Gasteiger partial charge in [0.05, 0.1) is 21.7 Å². The second-order valence-corrected chi connectivity index (χ2v) is 7.69. The van der Waals surface area contributed by atoms with E-state index in [1.807, 2.05) is 0 Å². The summed E-state index contributed by atoms with van der Waals surface area (Å²) < 4.78 is 66.0. The molecule has 0 spiro atoms. The van der Waals surface area contributed by atoms with E-state index in [9.17, 15) is 31.2 Å². The number of sulfonamides is 1. The Morgan fingerprint density at radius 3 is 2.37 bits per heavy atom. The highest BCUT2D eigenvalue weighted by atomic mass is 32.2. The Labute approximate surface area is 171 Å². The molecule has 8 nitrogen and oxygen atoms in total. The topological polar surface area (TPSA) is 108 Å². The molecule has 0 radical (unpaired) electrons. The molecule has 0 bridgehead atoms. The van der Waals surface area contributed by atoms with Crippen LogP contribution in [0.25, 0.3) is 0 Å². The van der Waals surface area contributed by atoms with Gasteiger partial charge in [0.2, 0.25) is 0 Å². The van der Waals surface area contributed by atoms with E-state index in [1.165, 1.54) is 31.3 Å². The number of halogens is 3. The van der Waals surface area contributed by atoms with Crippen LogP contribution in [0.15, 0.2) is 53.4 Å². The van der Waals surface area contributed by atoms with E-state index in [0.29, 0.717) is 12.6 Å². The number of urea groups is 1. The van der Waals surface area contributed by atoms with Crippen LogP contribution in [0.5, 0.6) is 0 Å². The molecule has 30 heavy (non-hydrogen) atoms. The van der Waals surface area contributed by atoms with Crippen LogP contribution >= 0.6 is 0 Å². The lowest BCUT2D eigenvalue weighted by Crippen LogP contribution is -2.48. The van der Waals surface area contributed by atoms with Crippen molar-refractivity contribution in [2.75, 3.05) is 18.3 Å². The Morgan fingerprint density at radius 1 is 1.07 bits per heavy atom. The highest BCUT2D eigenvalue weighted by Gasteiger charge is 2.32. The van der Waals surface area contributed by atoms with E-state index in [2.05, 4.69) is 15.5 Å². The van der Waals surface area contributed by atoms with E-state index in [4.69, 9.17) is 0 Å². The Hall–Kier alpha value is -3.28. The Kier molecular flexibility index (Phi) is 6.92. The molecule has 2 rings (SSSR count). The van der Waals surface area contributed by atoms with Gasteiger partial charge in [0.15, 0.2) is 0 Å². The van der Waals surface area contributed by atoms with Gasteiger partial charge in [-0.3, -0.25) is 14.9 Å². The first kappa shape index (κ1) is 23.0. The standard InChI is InChI=1S/C18H19F3N4O4S/c1-3-22-17(27)25(2)23-16(26)14-9-4-5-10-15(14)24-30(28,29)13-8-6-7-12(11-13)18(19,20)21/h4-11,24H,3H2,1-2H3,(H,22,27)(H,23,26). The number of hydrogen-bond donors (Lipinski definition) is 3. The molecule has 0 aromatic heterocycles. The van der Waals surface area contributed by atoms with Crippen molar-refractivity contribution in [3.63, 3.8) is 0 Å². The molecular weight excluding hydrogens is 425 g/mol. The molecule has 3 amide bonds. The normalized spacial score (nSPS) is 11.5. The molecule has 0 atom stereocenters. The van der Waals surface area contributed by atoms with Gasteiger partial charge in [-0.05, 0) is 37.3 Å². The van der Waals surface area contributed by atoms with Crippen LogP contribution in [0.3, 0.4) is 0 Å². The first-order valence-electron chi connectivity index (χ1n) is 8.57. The zero-order chi connectivity index (χ0) is 22.5. The average Bonchev–Trinajstić information content (AvgIpc) is 2.67. The Bertz CT molecular complexity index is 1040. The van der Waals surface area contributed by atoms with Crippen LogP contribution in [0, 0.1) is 0 Å². The number of carbonyl (C=O) groups excluding carboxylic acids is 2. The lowest BCUT2D eigenvalue weighted by molar-refractivity contribution is -0.137. The number of benzene rings is 2. The number of hydrogen-bond acceptors (Lipinski definition) is 4. The second-order valence-electron chi connectivity index (χ2n) is 6.01. The van der Waals surface area contributed by atoms with Crippen molar-refractivity contribution in [2.45, 2.75) is 18.0 Å². The van der Waals surface area contributed by atoms with Gasteiger partial charge in [0.25, 0.3) is 15.9 Å². The van der Waals surface area contributed by atoms with Gasteiger partial charge in [-0.1, -0.05) is 18.2 Å². The number of para-hydroxylation sites is 1. The number of nitrogens with zero attached hydrogens (tertiary/aromatic N) is 1. The fourth-order valence-corrected chi connectivity index (χ4v) is 3.47. The molecule has 0 saturated heterocycles. The molecule has 2 aromatic rings. The number of anilines is 1. The number of nitrogens with one attached hydrogen (secondary N) is 3. The van der Waals surface area contributed by atoms with Crippen molar-refractivity contribution < 1.29 is 31.2 Å². The van der Waals surface area contributed by atoms with Crippen LogP contribution in [0.4, 0.5) is 23.7 Å². The monoisotopic (exact) mass is 444 g/mol. The van der Waals surface area contributed by atoms with E-state index in [0.717, 1.165) is 23.2 Å². The molecule has 3 N–H and O–H groups in total. The van der Waals surface area contributed by atoms with Gasteiger partial charge in [-0.2, -0.15) is 13.2 Å². The third-order valence-electron chi connectivity index (χ3n) is 3.79. The SMILES string of the molecule is CCNC(=O)N(C)NC(=O)c1ccccc1NS(=O)(=O)c1cccc(C(F)(F)F)c1. The van der Waals surface area contributed by atoms with Crippen LogP contribution < -0.4 is 15.5 Å². The third kappa shape index (κ3) is 5.63. The summed E-state index contributed by atoms with van der Waals surface area (Å²) in [5.74, 6) is -0.800.